The van der Waals surface area contributed by atoms with Gasteiger partial charge in [-0.05, 0) is 24.6 Å². The number of esters is 1. The first-order valence-electron chi connectivity index (χ1n) is 9.72. The Bertz CT molecular complexity index is 1110. The molecule has 1 saturated heterocycles. The fourth-order valence-corrected chi connectivity index (χ4v) is 4.86. The van der Waals surface area contributed by atoms with Crippen LogP contribution < -0.4 is 5.32 Å². The number of carbonyl (C=O) groups is 4. The number of β-lactam (4-membered cyclic amide) rings is 1. The van der Waals surface area contributed by atoms with E-state index in [-0.39, 0.29) is 11.3 Å². The Hall–Kier alpha value is -3.66. The second-order valence-electron chi connectivity index (χ2n) is 7.27. The summed E-state index contributed by atoms with van der Waals surface area (Å²) in [4.78, 5) is 55.0. The molecule has 32 heavy (non-hydrogen) atoms. The topological polar surface area (TPSA) is 126 Å². The fourth-order valence-electron chi connectivity index (χ4n) is 3.56. The second-order valence-corrected chi connectivity index (χ2v) is 8.37. The first kappa shape index (κ1) is 21.6. The van der Waals surface area contributed by atoms with Gasteiger partial charge >= 0.3 is 11.9 Å². The van der Waals surface area contributed by atoms with Crippen LogP contribution in [0.15, 0.2) is 66.1 Å². The molecule has 1 aromatic heterocycles. The zero-order valence-electron chi connectivity index (χ0n) is 16.9. The van der Waals surface area contributed by atoms with Gasteiger partial charge in [-0.3, -0.25) is 19.5 Å². The number of carbonyl (C=O) groups excluding carboxylic acids is 3. The van der Waals surface area contributed by atoms with Crippen LogP contribution in [0.1, 0.15) is 28.9 Å². The molecule has 0 spiro atoms. The maximum atomic E-state index is 13.1. The highest BCUT2D eigenvalue weighted by molar-refractivity contribution is 8.00. The van der Waals surface area contributed by atoms with E-state index in [1.807, 2.05) is 0 Å². The molecule has 2 aliphatic heterocycles. The Morgan fingerprint density at radius 2 is 1.97 bits per heavy atom. The van der Waals surface area contributed by atoms with E-state index in [1.54, 1.807) is 43.3 Å². The van der Waals surface area contributed by atoms with Crippen LogP contribution in [0, 0.1) is 0 Å². The Labute approximate surface area is 187 Å². The molecule has 164 valence electrons. The van der Waals surface area contributed by atoms with Gasteiger partial charge in [0.1, 0.15) is 17.1 Å². The van der Waals surface area contributed by atoms with Crippen molar-refractivity contribution in [3.05, 3.63) is 77.3 Å². The van der Waals surface area contributed by atoms with Crippen molar-refractivity contribution in [2.45, 2.75) is 24.4 Å². The highest BCUT2D eigenvalue weighted by atomic mass is 32.2. The fraction of sp³-hybridized carbons (Fsp3) is 0.227. The third kappa shape index (κ3) is 3.96. The number of thioether (sulfide) groups is 1. The Morgan fingerprint density at radius 1 is 1.22 bits per heavy atom. The quantitative estimate of drug-likeness (QED) is 0.500. The average Bonchev–Trinajstić information content (AvgIpc) is 2.81. The minimum atomic E-state index is -1.30. The van der Waals surface area contributed by atoms with Crippen LogP contribution in [0.4, 0.5) is 0 Å². The standard InChI is InChI=1S/C22H19N3O6S/c1-12-11-32-20-15(19(27)25(20)16(12)21(28)29)24-18(26)17(13-6-3-2-4-7-13)31-22(30)14-8-5-9-23-10-14/h2-10,15,17,20H,11H2,1H3,(H,24,26)(H,28,29)/t15?,17-,20-/m1/s1. The van der Waals surface area contributed by atoms with E-state index < -0.39 is 41.3 Å². The Morgan fingerprint density at radius 3 is 2.62 bits per heavy atom. The summed E-state index contributed by atoms with van der Waals surface area (Å²) in [5.41, 5.74) is 1.15. The molecule has 2 aliphatic rings. The van der Waals surface area contributed by atoms with Gasteiger partial charge in [0.05, 0.1) is 5.56 Å². The van der Waals surface area contributed by atoms with Crippen molar-refractivity contribution in [2.75, 3.05) is 5.75 Å². The molecule has 3 atom stereocenters. The van der Waals surface area contributed by atoms with Gasteiger partial charge in [-0.2, -0.15) is 0 Å². The SMILES string of the molecule is CC1=C(C(=O)O)N2C(=O)C(NC(=O)[C@H](OC(=O)c3cccnc3)c3ccccc3)[C@H]2SC1. The van der Waals surface area contributed by atoms with E-state index in [4.69, 9.17) is 4.74 Å². The third-order valence-electron chi connectivity index (χ3n) is 5.12. The summed E-state index contributed by atoms with van der Waals surface area (Å²) < 4.78 is 5.48. The van der Waals surface area contributed by atoms with Gasteiger partial charge in [0.15, 0.2) is 0 Å². The molecule has 9 nitrogen and oxygen atoms in total. The number of benzene rings is 1. The van der Waals surface area contributed by atoms with Crippen molar-refractivity contribution in [1.82, 2.24) is 15.2 Å². The lowest BCUT2D eigenvalue weighted by atomic mass is 10.0. The number of hydrogen-bond donors (Lipinski definition) is 2. The number of aliphatic carboxylic acids is 1. The molecule has 0 bridgehead atoms. The second kappa shape index (κ2) is 8.83. The monoisotopic (exact) mass is 453 g/mol. The average molecular weight is 453 g/mol. The van der Waals surface area contributed by atoms with Gasteiger partial charge in [-0.25, -0.2) is 9.59 Å². The molecule has 1 unspecified atom stereocenters. The van der Waals surface area contributed by atoms with Gasteiger partial charge in [0.25, 0.3) is 11.8 Å². The number of amides is 2. The van der Waals surface area contributed by atoms with Crippen LogP contribution in [-0.4, -0.2) is 55.9 Å². The lowest BCUT2D eigenvalue weighted by Gasteiger charge is -2.49. The number of nitrogens with one attached hydrogen (secondary N) is 1. The van der Waals surface area contributed by atoms with E-state index in [9.17, 15) is 24.3 Å². The molecule has 0 aliphatic carbocycles. The smallest absolute Gasteiger partial charge is 0.352 e. The first-order chi connectivity index (χ1) is 15.4. The van der Waals surface area contributed by atoms with Crippen molar-refractivity contribution in [3.63, 3.8) is 0 Å². The van der Waals surface area contributed by atoms with Crippen LogP contribution in [0.5, 0.6) is 0 Å². The Balaban J connectivity index is 1.53. The van der Waals surface area contributed by atoms with Gasteiger partial charge in [-0.1, -0.05) is 30.3 Å². The molecule has 2 amide bonds. The highest BCUT2D eigenvalue weighted by Crippen LogP contribution is 2.40. The minimum absolute atomic E-state index is 0.0492. The number of hydrogen-bond acceptors (Lipinski definition) is 7. The molecule has 2 N–H and O–H groups in total. The zero-order chi connectivity index (χ0) is 22.8. The summed E-state index contributed by atoms with van der Waals surface area (Å²) in [5.74, 6) is -2.67. The van der Waals surface area contributed by atoms with Gasteiger partial charge < -0.3 is 15.2 Å². The van der Waals surface area contributed by atoms with Gasteiger partial charge in [0.2, 0.25) is 6.10 Å². The number of nitrogens with zero attached hydrogens (tertiary/aromatic N) is 2. The molecule has 0 saturated carbocycles. The highest BCUT2D eigenvalue weighted by Gasteiger charge is 2.54. The number of carboxylic acid groups (broad SMARTS) is 1. The van der Waals surface area contributed by atoms with Crippen molar-refractivity contribution >= 4 is 35.5 Å². The van der Waals surface area contributed by atoms with Crippen LogP contribution in [0.2, 0.25) is 0 Å². The van der Waals surface area contributed by atoms with E-state index in [2.05, 4.69) is 10.3 Å². The number of ether oxygens (including phenoxy) is 1. The van der Waals surface area contributed by atoms with Crippen LogP contribution in [0.25, 0.3) is 0 Å². The summed E-state index contributed by atoms with van der Waals surface area (Å²) in [7, 11) is 0. The largest absolute Gasteiger partial charge is 0.477 e. The minimum Gasteiger partial charge on any atom is -0.477 e. The number of aromatic nitrogens is 1. The normalized spacial score (nSPS) is 20.7. The Kier molecular flexibility index (Phi) is 5.95. The summed E-state index contributed by atoms with van der Waals surface area (Å²) in [6.07, 6.45) is 1.54. The zero-order valence-corrected chi connectivity index (χ0v) is 17.7. The predicted octanol–water partition coefficient (Wildman–Crippen LogP) is 1.74. The molecule has 0 radical (unpaired) electrons. The van der Waals surface area contributed by atoms with Gasteiger partial charge in [0, 0.05) is 23.7 Å². The van der Waals surface area contributed by atoms with E-state index >= 15 is 0 Å². The van der Waals surface area contributed by atoms with Crippen LogP contribution in [0.3, 0.4) is 0 Å². The summed E-state index contributed by atoms with van der Waals surface area (Å²) >= 11 is 1.37. The number of rotatable bonds is 6. The lowest BCUT2D eigenvalue weighted by Crippen LogP contribution is -2.70. The van der Waals surface area contributed by atoms with Crippen LogP contribution in [-0.2, 0) is 19.1 Å². The van der Waals surface area contributed by atoms with E-state index in [0.717, 1.165) is 0 Å². The molecule has 3 heterocycles. The predicted molar refractivity (Wildman–Crippen MR) is 114 cm³/mol. The number of carboxylic acids is 1. The molecule has 10 heteroatoms. The summed E-state index contributed by atoms with van der Waals surface area (Å²) in [5, 5.41) is 11.6. The number of pyridine rings is 1. The molecule has 2 aromatic rings. The van der Waals surface area contributed by atoms with Crippen molar-refractivity contribution in [3.8, 4) is 0 Å². The molecule has 1 fully saturated rings. The first-order valence-corrected chi connectivity index (χ1v) is 10.8. The summed E-state index contributed by atoms with van der Waals surface area (Å²) in [6, 6.07) is 10.6. The maximum Gasteiger partial charge on any atom is 0.352 e. The molecular weight excluding hydrogens is 434 g/mol. The summed E-state index contributed by atoms with van der Waals surface area (Å²) in [6.45, 7) is 1.66. The molecular formula is C22H19N3O6S. The van der Waals surface area contributed by atoms with Crippen LogP contribution >= 0.6 is 11.8 Å². The number of fused-ring (bicyclic) bond motifs is 1. The molecule has 4 rings (SSSR count). The van der Waals surface area contributed by atoms with Gasteiger partial charge in [-0.15, -0.1) is 11.8 Å². The van der Waals surface area contributed by atoms with Crippen molar-refractivity contribution in [2.24, 2.45) is 0 Å². The lowest BCUT2D eigenvalue weighted by molar-refractivity contribution is -0.151. The maximum absolute atomic E-state index is 13.1. The third-order valence-corrected chi connectivity index (χ3v) is 6.55. The van der Waals surface area contributed by atoms with Crippen molar-refractivity contribution < 1.29 is 29.0 Å². The van der Waals surface area contributed by atoms with E-state index in [1.165, 1.54) is 35.1 Å². The molecule has 1 aromatic carbocycles. The van der Waals surface area contributed by atoms with E-state index in [0.29, 0.717) is 16.9 Å². The van der Waals surface area contributed by atoms with Crippen molar-refractivity contribution in [1.29, 1.82) is 0 Å².